The van der Waals surface area contributed by atoms with Gasteiger partial charge in [-0.15, -0.1) is 0 Å². The normalized spacial score (nSPS) is 10.7. The summed E-state index contributed by atoms with van der Waals surface area (Å²) >= 11 is 12.1. The summed E-state index contributed by atoms with van der Waals surface area (Å²) in [7, 11) is 0. The van der Waals surface area contributed by atoms with Gasteiger partial charge in [-0.05, 0) is 50.2 Å². The maximum absolute atomic E-state index is 6.18. The molecule has 7 heteroatoms. The number of anilines is 4. The van der Waals surface area contributed by atoms with Crippen LogP contribution in [0.3, 0.4) is 0 Å². The molecule has 0 spiro atoms. The van der Waals surface area contributed by atoms with Crippen LogP contribution in [-0.2, 0) is 0 Å². The SMILES string of the molecule is CC(C)Oc1ccccc1Nc1ccnc(Nc2ccc(Cl)cc2Cl)n1. The lowest BCUT2D eigenvalue weighted by molar-refractivity contribution is 0.244. The number of halogens is 2. The summed E-state index contributed by atoms with van der Waals surface area (Å²) in [5.41, 5.74) is 1.51. The summed E-state index contributed by atoms with van der Waals surface area (Å²) in [5, 5.41) is 7.41. The molecule has 0 radical (unpaired) electrons. The molecule has 0 aliphatic rings. The van der Waals surface area contributed by atoms with E-state index in [2.05, 4.69) is 20.6 Å². The van der Waals surface area contributed by atoms with Crippen LogP contribution in [0.1, 0.15) is 13.8 Å². The van der Waals surface area contributed by atoms with Crippen LogP contribution in [-0.4, -0.2) is 16.1 Å². The van der Waals surface area contributed by atoms with Crippen molar-refractivity contribution in [3.05, 3.63) is 64.8 Å². The van der Waals surface area contributed by atoms with Crippen LogP contribution in [0.25, 0.3) is 0 Å². The third-order valence-electron chi connectivity index (χ3n) is 3.35. The second kappa shape index (κ2) is 8.25. The molecule has 0 aliphatic heterocycles. The van der Waals surface area contributed by atoms with Crippen LogP contribution in [0.4, 0.5) is 23.1 Å². The summed E-state index contributed by atoms with van der Waals surface area (Å²) in [5.74, 6) is 1.81. The highest BCUT2D eigenvalue weighted by molar-refractivity contribution is 6.36. The van der Waals surface area contributed by atoms with E-state index < -0.39 is 0 Å². The predicted molar refractivity (Wildman–Crippen MR) is 107 cm³/mol. The molecule has 0 fully saturated rings. The maximum atomic E-state index is 6.18. The van der Waals surface area contributed by atoms with Crippen molar-refractivity contribution < 1.29 is 4.74 Å². The van der Waals surface area contributed by atoms with Gasteiger partial charge in [-0.1, -0.05) is 35.3 Å². The van der Waals surface area contributed by atoms with Crippen LogP contribution in [0.15, 0.2) is 54.7 Å². The zero-order valence-electron chi connectivity index (χ0n) is 14.3. The lowest BCUT2D eigenvalue weighted by Crippen LogP contribution is -2.08. The lowest BCUT2D eigenvalue weighted by Gasteiger charge is -2.15. The lowest BCUT2D eigenvalue weighted by atomic mass is 10.3. The summed E-state index contributed by atoms with van der Waals surface area (Å²) in [6.45, 7) is 3.97. The number of nitrogens with one attached hydrogen (secondary N) is 2. The molecule has 26 heavy (non-hydrogen) atoms. The largest absolute Gasteiger partial charge is 0.489 e. The Balaban J connectivity index is 1.80. The minimum atomic E-state index is 0.0765. The quantitative estimate of drug-likeness (QED) is 0.537. The predicted octanol–water partition coefficient (Wildman–Crippen LogP) is 6.06. The summed E-state index contributed by atoms with van der Waals surface area (Å²) in [6.07, 6.45) is 1.74. The molecule has 3 aromatic rings. The molecule has 134 valence electrons. The Kier molecular flexibility index (Phi) is 5.81. The zero-order chi connectivity index (χ0) is 18.5. The highest BCUT2D eigenvalue weighted by Gasteiger charge is 2.08. The Bertz CT molecular complexity index is 902. The van der Waals surface area contributed by atoms with E-state index in [1.54, 1.807) is 30.5 Å². The van der Waals surface area contributed by atoms with Crippen LogP contribution in [0.5, 0.6) is 5.75 Å². The Labute approximate surface area is 162 Å². The second-order valence-corrected chi connectivity index (χ2v) is 6.65. The van der Waals surface area contributed by atoms with E-state index in [-0.39, 0.29) is 6.10 Å². The molecule has 0 atom stereocenters. The van der Waals surface area contributed by atoms with Gasteiger partial charge in [0.1, 0.15) is 11.6 Å². The fraction of sp³-hybridized carbons (Fsp3) is 0.158. The van der Waals surface area contributed by atoms with Crippen molar-refractivity contribution in [2.75, 3.05) is 10.6 Å². The van der Waals surface area contributed by atoms with Crippen LogP contribution in [0, 0.1) is 0 Å². The molecular weight excluding hydrogens is 371 g/mol. The smallest absolute Gasteiger partial charge is 0.229 e. The number of para-hydroxylation sites is 2. The molecule has 5 nitrogen and oxygen atoms in total. The third kappa shape index (κ3) is 4.77. The molecule has 0 amide bonds. The van der Waals surface area contributed by atoms with Gasteiger partial charge < -0.3 is 15.4 Å². The minimum Gasteiger partial charge on any atom is -0.489 e. The molecule has 1 heterocycles. The third-order valence-corrected chi connectivity index (χ3v) is 3.89. The van der Waals surface area contributed by atoms with Crippen LogP contribution < -0.4 is 15.4 Å². The van der Waals surface area contributed by atoms with Crippen molar-refractivity contribution in [1.82, 2.24) is 9.97 Å². The average Bonchev–Trinajstić information content (AvgIpc) is 2.59. The first-order chi connectivity index (χ1) is 12.5. The highest BCUT2D eigenvalue weighted by Crippen LogP contribution is 2.29. The number of hydrogen-bond donors (Lipinski definition) is 2. The van der Waals surface area contributed by atoms with E-state index in [0.717, 1.165) is 11.4 Å². The Morgan fingerprint density at radius 3 is 2.54 bits per heavy atom. The number of nitrogens with zero attached hydrogens (tertiary/aromatic N) is 2. The van der Waals surface area contributed by atoms with Gasteiger partial charge in [0.05, 0.1) is 22.5 Å². The van der Waals surface area contributed by atoms with Crippen molar-refractivity contribution in [1.29, 1.82) is 0 Å². The minimum absolute atomic E-state index is 0.0765. The fourth-order valence-electron chi connectivity index (χ4n) is 2.26. The van der Waals surface area contributed by atoms with E-state index in [1.165, 1.54) is 0 Å². The molecule has 2 N–H and O–H groups in total. The van der Waals surface area contributed by atoms with Gasteiger partial charge >= 0.3 is 0 Å². The molecule has 2 aromatic carbocycles. The van der Waals surface area contributed by atoms with Crippen LogP contribution in [0.2, 0.25) is 10.0 Å². The molecule has 0 saturated carbocycles. The van der Waals surface area contributed by atoms with Gasteiger partial charge in [-0.25, -0.2) is 4.98 Å². The van der Waals surface area contributed by atoms with E-state index in [9.17, 15) is 0 Å². The number of rotatable bonds is 6. The number of benzene rings is 2. The van der Waals surface area contributed by atoms with Crippen molar-refractivity contribution in [2.45, 2.75) is 20.0 Å². The van der Waals surface area contributed by atoms with Crippen molar-refractivity contribution in [3.63, 3.8) is 0 Å². The monoisotopic (exact) mass is 388 g/mol. The number of aromatic nitrogens is 2. The summed E-state index contributed by atoms with van der Waals surface area (Å²) < 4.78 is 5.82. The maximum Gasteiger partial charge on any atom is 0.229 e. The molecule has 0 aliphatic carbocycles. The standard InChI is InChI=1S/C19H18Cl2N4O/c1-12(2)26-17-6-4-3-5-16(17)23-18-9-10-22-19(25-18)24-15-8-7-13(20)11-14(15)21/h3-12H,1-2H3,(H2,22,23,24,25). The second-order valence-electron chi connectivity index (χ2n) is 5.80. The van der Waals surface area contributed by atoms with Crippen molar-refractivity contribution in [2.24, 2.45) is 0 Å². The topological polar surface area (TPSA) is 59.1 Å². The highest BCUT2D eigenvalue weighted by atomic mass is 35.5. The van der Waals surface area contributed by atoms with Gasteiger partial charge in [0.25, 0.3) is 0 Å². The van der Waals surface area contributed by atoms with E-state index in [0.29, 0.717) is 27.5 Å². The summed E-state index contributed by atoms with van der Waals surface area (Å²) in [4.78, 5) is 8.69. The van der Waals surface area contributed by atoms with Gasteiger partial charge in [-0.2, -0.15) is 4.98 Å². The first-order valence-electron chi connectivity index (χ1n) is 8.09. The first kappa shape index (κ1) is 18.3. The number of ether oxygens (including phenoxy) is 1. The average molecular weight is 389 g/mol. The van der Waals surface area contributed by atoms with Gasteiger partial charge in [0, 0.05) is 11.2 Å². The van der Waals surface area contributed by atoms with E-state index >= 15 is 0 Å². The van der Waals surface area contributed by atoms with E-state index in [4.69, 9.17) is 27.9 Å². The van der Waals surface area contributed by atoms with Gasteiger partial charge in [0.2, 0.25) is 5.95 Å². The summed E-state index contributed by atoms with van der Waals surface area (Å²) in [6, 6.07) is 14.7. The Morgan fingerprint density at radius 2 is 1.77 bits per heavy atom. The molecule has 0 unspecified atom stereocenters. The molecule has 3 rings (SSSR count). The van der Waals surface area contributed by atoms with Gasteiger partial charge in [-0.3, -0.25) is 0 Å². The van der Waals surface area contributed by atoms with Crippen molar-refractivity contribution in [3.8, 4) is 5.75 Å². The Hall–Kier alpha value is -2.50. The molecule has 1 aromatic heterocycles. The van der Waals surface area contributed by atoms with Crippen molar-refractivity contribution >= 4 is 46.3 Å². The van der Waals surface area contributed by atoms with Gasteiger partial charge in [0.15, 0.2) is 0 Å². The molecule has 0 saturated heterocycles. The molecule has 0 bridgehead atoms. The fourth-order valence-corrected chi connectivity index (χ4v) is 2.72. The first-order valence-corrected chi connectivity index (χ1v) is 8.84. The number of hydrogen-bond acceptors (Lipinski definition) is 5. The molecular formula is C19H18Cl2N4O. The van der Waals surface area contributed by atoms with Crippen LogP contribution >= 0.6 is 23.2 Å². The van der Waals surface area contributed by atoms with E-state index in [1.807, 2.05) is 38.1 Å². The zero-order valence-corrected chi connectivity index (χ0v) is 15.8. The Morgan fingerprint density at radius 1 is 0.962 bits per heavy atom.